The number of hydrogen-bond acceptors (Lipinski definition) is 4. The highest BCUT2D eigenvalue weighted by Gasteiger charge is 2.25. The molecule has 0 spiro atoms. The van der Waals surface area contributed by atoms with E-state index in [-0.39, 0.29) is 16.7 Å². The summed E-state index contributed by atoms with van der Waals surface area (Å²) >= 11 is 5.92. The molecule has 0 bridgehead atoms. The number of nitrogens with two attached hydrogens (primary N) is 1. The number of carbonyl (C=O) groups is 1. The van der Waals surface area contributed by atoms with Gasteiger partial charge in [-0.25, -0.2) is 8.42 Å². The fraction of sp³-hybridized carbons (Fsp3) is 0.316. The van der Waals surface area contributed by atoms with Crippen molar-refractivity contribution in [2.45, 2.75) is 24.3 Å². The average Bonchev–Trinajstić information content (AvgIpc) is 2.63. The molecule has 1 saturated heterocycles. The van der Waals surface area contributed by atoms with E-state index >= 15 is 0 Å². The van der Waals surface area contributed by atoms with Crippen molar-refractivity contribution in [3.05, 3.63) is 59.1 Å². The van der Waals surface area contributed by atoms with Crippen molar-refractivity contribution in [2.24, 2.45) is 11.7 Å². The number of carbonyl (C=O) groups excluding carboxylic acids is 1. The van der Waals surface area contributed by atoms with E-state index in [9.17, 15) is 13.2 Å². The Morgan fingerprint density at radius 1 is 1.22 bits per heavy atom. The number of likely N-dealkylation sites (tertiary alicyclic amines) is 1. The SMILES string of the molecule is NC(=O)[C@H]1CCCN(Cc2ccccc2NS(=O)(=O)c2cccc(Cl)c2)C1. The lowest BCUT2D eigenvalue weighted by atomic mass is 9.97. The fourth-order valence-electron chi connectivity index (χ4n) is 3.27. The van der Waals surface area contributed by atoms with Crippen molar-refractivity contribution in [1.82, 2.24) is 4.90 Å². The molecular weight excluding hydrogens is 386 g/mol. The minimum absolute atomic E-state index is 0.108. The number of amides is 1. The second-order valence-electron chi connectivity index (χ2n) is 6.70. The Labute approximate surface area is 164 Å². The summed E-state index contributed by atoms with van der Waals surface area (Å²) < 4.78 is 28.0. The Bertz CT molecular complexity index is 933. The van der Waals surface area contributed by atoms with Gasteiger partial charge in [-0.15, -0.1) is 0 Å². The Balaban J connectivity index is 1.79. The summed E-state index contributed by atoms with van der Waals surface area (Å²) in [6.07, 6.45) is 1.69. The lowest BCUT2D eigenvalue weighted by Crippen LogP contribution is -2.40. The zero-order valence-electron chi connectivity index (χ0n) is 14.8. The van der Waals surface area contributed by atoms with Crippen molar-refractivity contribution in [3.8, 4) is 0 Å². The van der Waals surface area contributed by atoms with E-state index in [0.29, 0.717) is 23.8 Å². The molecule has 1 amide bonds. The second-order valence-corrected chi connectivity index (χ2v) is 8.82. The largest absolute Gasteiger partial charge is 0.369 e. The Hall–Kier alpha value is -2.09. The predicted molar refractivity (Wildman–Crippen MR) is 106 cm³/mol. The van der Waals surface area contributed by atoms with Crippen molar-refractivity contribution < 1.29 is 13.2 Å². The van der Waals surface area contributed by atoms with Gasteiger partial charge in [0.05, 0.1) is 16.5 Å². The minimum Gasteiger partial charge on any atom is -0.369 e. The zero-order valence-corrected chi connectivity index (χ0v) is 16.3. The summed E-state index contributed by atoms with van der Waals surface area (Å²) in [5, 5.41) is 0.358. The molecule has 0 unspecified atom stereocenters. The van der Waals surface area contributed by atoms with E-state index in [1.54, 1.807) is 24.3 Å². The van der Waals surface area contributed by atoms with Crippen molar-refractivity contribution >= 4 is 33.2 Å². The maximum Gasteiger partial charge on any atom is 0.261 e. The van der Waals surface area contributed by atoms with Crippen LogP contribution in [0.3, 0.4) is 0 Å². The van der Waals surface area contributed by atoms with Gasteiger partial charge in [0.15, 0.2) is 0 Å². The number of sulfonamides is 1. The molecule has 1 heterocycles. The third kappa shape index (κ3) is 5.00. The van der Waals surface area contributed by atoms with Crippen LogP contribution in [0.5, 0.6) is 0 Å². The molecule has 6 nitrogen and oxygen atoms in total. The lowest BCUT2D eigenvalue weighted by Gasteiger charge is -2.31. The first kappa shape index (κ1) is 19.7. The number of nitrogens with zero attached hydrogens (tertiary/aromatic N) is 1. The number of hydrogen-bond donors (Lipinski definition) is 2. The van der Waals surface area contributed by atoms with Gasteiger partial charge < -0.3 is 5.73 Å². The monoisotopic (exact) mass is 407 g/mol. The van der Waals surface area contributed by atoms with Gasteiger partial charge >= 0.3 is 0 Å². The summed E-state index contributed by atoms with van der Waals surface area (Å²) in [5.41, 5.74) is 6.80. The third-order valence-electron chi connectivity index (χ3n) is 4.67. The fourth-order valence-corrected chi connectivity index (χ4v) is 4.67. The highest BCUT2D eigenvalue weighted by molar-refractivity contribution is 7.92. The standard InChI is InChI=1S/C19H22ClN3O3S/c20-16-7-3-8-17(11-16)27(25,26)22-18-9-2-1-5-14(18)12-23-10-4-6-15(13-23)19(21)24/h1-3,5,7-9,11,15,22H,4,6,10,12-13H2,(H2,21,24)/t15-/m0/s1. The van der Waals surface area contributed by atoms with Crippen molar-refractivity contribution in [2.75, 3.05) is 17.8 Å². The number of anilines is 1. The van der Waals surface area contributed by atoms with E-state index in [0.717, 1.165) is 24.9 Å². The van der Waals surface area contributed by atoms with Crippen LogP contribution < -0.4 is 10.5 Å². The van der Waals surface area contributed by atoms with E-state index in [1.807, 2.05) is 12.1 Å². The van der Waals surface area contributed by atoms with Gasteiger partial charge in [0.25, 0.3) is 10.0 Å². The number of halogens is 1. The first-order chi connectivity index (χ1) is 12.8. The number of benzene rings is 2. The molecule has 1 aliphatic rings. The van der Waals surface area contributed by atoms with Crippen LogP contribution in [0, 0.1) is 5.92 Å². The second kappa shape index (κ2) is 8.29. The third-order valence-corrected chi connectivity index (χ3v) is 6.27. The normalized spacial score (nSPS) is 18.2. The molecule has 144 valence electrons. The highest BCUT2D eigenvalue weighted by Crippen LogP contribution is 2.25. The van der Waals surface area contributed by atoms with Gasteiger partial charge in [-0.2, -0.15) is 0 Å². The molecule has 3 rings (SSSR count). The Morgan fingerprint density at radius 3 is 2.74 bits per heavy atom. The van der Waals surface area contributed by atoms with Crippen LogP contribution in [-0.4, -0.2) is 32.3 Å². The topological polar surface area (TPSA) is 92.5 Å². The molecule has 0 radical (unpaired) electrons. The number of primary amides is 1. The number of piperidine rings is 1. The summed E-state index contributed by atoms with van der Waals surface area (Å²) in [7, 11) is -3.75. The van der Waals surface area contributed by atoms with Gasteiger partial charge in [-0.1, -0.05) is 35.9 Å². The van der Waals surface area contributed by atoms with E-state index < -0.39 is 10.0 Å². The summed E-state index contributed by atoms with van der Waals surface area (Å²) in [4.78, 5) is 13.7. The molecule has 0 aromatic heterocycles. The summed E-state index contributed by atoms with van der Waals surface area (Å²) in [5.74, 6) is -0.441. The van der Waals surface area contributed by atoms with Crippen LogP contribution in [0.2, 0.25) is 5.02 Å². The maximum atomic E-state index is 12.7. The van der Waals surface area contributed by atoms with E-state index in [1.165, 1.54) is 12.1 Å². The first-order valence-corrected chi connectivity index (χ1v) is 10.6. The Morgan fingerprint density at radius 2 is 2.00 bits per heavy atom. The minimum atomic E-state index is -3.75. The van der Waals surface area contributed by atoms with Gasteiger partial charge in [-0.3, -0.25) is 14.4 Å². The van der Waals surface area contributed by atoms with Crippen molar-refractivity contribution in [3.63, 3.8) is 0 Å². The number of nitrogens with one attached hydrogen (secondary N) is 1. The van der Waals surface area contributed by atoms with Crippen LogP contribution in [0.1, 0.15) is 18.4 Å². The van der Waals surface area contributed by atoms with Crippen LogP contribution in [0.25, 0.3) is 0 Å². The van der Waals surface area contributed by atoms with Crippen molar-refractivity contribution in [1.29, 1.82) is 0 Å². The van der Waals surface area contributed by atoms with Crippen LogP contribution >= 0.6 is 11.6 Å². The summed E-state index contributed by atoms with van der Waals surface area (Å²) in [6, 6.07) is 13.4. The number of para-hydroxylation sites is 1. The van der Waals surface area contributed by atoms with Crippen LogP contribution in [0.4, 0.5) is 5.69 Å². The molecule has 3 N–H and O–H groups in total. The Kier molecular flexibility index (Phi) is 6.04. The molecule has 2 aromatic rings. The predicted octanol–water partition coefficient (Wildman–Crippen LogP) is 2.84. The first-order valence-electron chi connectivity index (χ1n) is 8.73. The molecule has 1 aliphatic heterocycles. The quantitative estimate of drug-likeness (QED) is 0.770. The number of rotatable bonds is 6. The van der Waals surface area contributed by atoms with Gasteiger partial charge in [-0.05, 0) is 49.2 Å². The van der Waals surface area contributed by atoms with Gasteiger partial charge in [0.2, 0.25) is 5.91 Å². The van der Waals surface area contributed by atoms with E-state index in [4.69, 9.17) is 17.3 Å². The molecule has 27 heavy (non-hydrogen) atoms. The molecule has 0 saturated carbocycles. The molecule has 8 heteroatoms. The maximum absolute atomic E-state index is 12.7. The zero-order chi connectivity index (χ0) is 19.4. The van der Waals surface area contributed by atoms with E-state index in [2.05, 4.69) is 9.62 Å². The smallest absolute Gasteiger partial charge is 0.261 e. The average molecular weight is 408 g/mol. The lowest BCUT2D eigenvalue weighted by molar-refractivity contribution is -0.123. The molecule has 0 aliphatic carbocycles. The van der Waals surface area contributed by atoms with Crippen LogP contribution in [0.15, 0.2) is 53.4 Å². The van der Waals surface area contributed by atoms with Gasteiger partial charge in [0, 0.05) is 18.1 Å². The van der Waals surface area contributed by atoms with Crippen LogP contribution in [-0.2, 0) is 21.4 Å². The van der Waals surface area contributed by atoms with Gasteiger partial charge in [0.1, 0.15) is 0 Å². The molecule has 1 fully saturated rings. The molecule has 1 atom stereocenters. The highest BCUT2D eigenvalue weighted by atomic mass is 35.5. The molecule has 2 aromatic carbocycles. The molecular formula is C19H22ClN3O3S. The summed E-state index contributed by atoms with van der Waals surface area (Å²) in [6.45, 7) is 1.97.